The Morgan fingerprint density at radius 3 is 0.921 bits per heavy atom. The summed E-state index contributed by atoms with van der Waals surface area (Å²) in [6, 6.07) is 3.42. The van der Waals surface area contributed by atoms with Gasteiger partial charge in [0, 0.05) is 5.57 Å². The highest BCUT2D eigenvalue weighted by Gasteiger charge is 2.41. The predicted octanol–water partition coefficient (Wildman–Crippen LogP) is 7.11. The summed E-state index contributed by atoms with van der Waals surface area (Å²) in [7, 11) is 0. The number of hydrogen-bond acceptors (Lipinski definition) is 6. The zero-order valence-electron chi connectivity index (χ0n) is 17.4. The van der Waals surface area contributed by atoms with Crippen LogP contribution in [0.15, 0.2) is 29.8 Å². The van der Waals surface area contributed by atoms with Gasteiger partial charge in [0.25, 0.3) is 0 Å². The molecule has 18 heteroatoms. The van der Waals surface area contributed by atoms with Gasteiger partial charge in [0.05, 0.1) is 0 Å². The Hall–Kier alpha value is -4.48. The molecule has 38 heavy (non-hydrogen) atoms. The van der Waals surface area contributed by atoms with Gasteiger partial charge in [-0.3, -0.25) is 0 Å². The SMILES string of the molecule is N#CC(C#N)=C1c2cc(OC(F)(F)F)c(OC(F)(F)F)cc2-c2cc(OC(F)(F)F)c(OC(F)(F)F)cc21. The number of halogens is 12. The molecule has 0 heterocycles. The van der Waals surface area contributed by atoms with E-state index in [1.165, 1.54) is 12.1 Å². The molecule has 1 aliphatic rings. The summed E-state index contributed by atoms with van der Waals surface area (Å²) in [5.74, 6) is -6.64. The Morgan fingerprint density at radius 2 is 0.711 bits per heavy atom. The summed E-state index contributed by atoms with van der Waals surface area (Å²) in [5.41, 5.74) is -4.51. The Labute approximate surface area is 201 Å². The molecule has 0 unspecified atom stereocenters. The summed E-state index contributed by atoms with van der Waals surface area (Å²) in [5, 5.41) is 18.5. The first-order valence-electron chi connectivity index (χ1n) is 9.16. The minimum atomic E-state index is -5.61. The largest absolute Gasteiger partial charge is 0.573 e. The molecule has 3 rings (SSSR count). The number of hydrogen-bond donors (Lipinski definition) is 0. The normalized spacial score (nSPS) is 13.2. The maximum atomic E-state index is 12.9. The first-order chi connectivity index (χ1) is 17.2. The molecular weight excluding hydrogens is 560 g/mol. The van der Waals surface area contributed by atoms with Crippen molar-refractivity contribution < 1.29 is 71.6 Å². The number of benzene rings is 2. The van der Waals surface area contributed by atoms with E-state index in [2.05, 4.69) is 18.9 Å². The van der Waals surface area contributed by atoms with Gasteiger partial charge in [-0.05, 0) is 46.5 Å². The van der Waals surface area contributed by atoms with Crippen LogP contribution in [0.4, 0.5) is 52.7 Å². The van der Waals surface area contributed by atoms with E-state index in [9.17, 15) is 63.2 Å². The molecule has 0 saturated heterocycles. The van der Waals surface area contributed by atoms with Crippen molar-refractivity contribution in [2.24, 2.45) is 0 Å². The fraction of sp³-hybridized carbons (Fsp3) is 0.200. The van der Waals surface area contributed by atoms with Gasteiger partial charge < -0.3 is 18.9 Å². The van der Waals surface area contributed by atoms with Crippen molar-refractivity contribution in [1.29, 1.82) is 10.5 Å². The standard InChI is InChI=1S/C20H4F12N2O4/c21-17(22,23)35-12-1-8-9-2-13(36-18(24,25)26)15(38-20(30,31)32)4-11(9)16(7(5-33)6-34)10(8)3-14(12)37-19(27,28)29/h1-4H. The maximum Gasteiger partial charge on any atom is 0.573 e. The van der Waals surface area contributed by atoms with Crippen molar-refractivity contribution >= 4 is 5.57 Å². The van der Waals surface area contributed by atoms with Crippen molar-refractivity contribution in [2.45, 2.75) is 25.4 Å². The Morgan fingerprint density at radius 1 is 0.474 bits per heavy atom. The number of nitriles is 2. The highest BCUT2D eigenvalue weighted by molar-refractivity contribution is 6.05. The second-order valence-corrected chi connectivity index (χ2v) is 6.85. The number of alkyl halides is 12. The first kappa shape index (κ1) is 28.1. The Balaban J connectivity index is 2.43. The van der Waals surface area contributed by atoms with Crippen LogP contribution in [0.2, 0.25) is 0 Å². The number of rotatable bonds is 4. The number of nitrogens with zero attached hydrogens (tertiary/aromatic N) is 2. The molecule has 2 aromatic carbocycles. The lowest BCUT2D eigenvalue weighted by molar-refractivity contribution is -0.287. The molecule has 1 aliphatic carbocycles. The molecular formula is C20H4F12N2O4. The van der Waals surface area contributed by atoms with Crippen LogP contribution in [-0.4, -0.2) is 25.4 Å². The smallest absolute Gasteiger partial charge is 0.402 e. The third-order valence-corrected chi connectivity index (χ3v) is 4.37. The zero-order chi connectivity index (χ0) is 28.8. The molecule has 202 valence electrons. The number of ether oxygens (including phenoxy) is 4. The van der Waals surface area contributed by atoms with Crippen molar-refractivity contribution in [2.75, 3.05) is 0 Å². The quantitative estimate of drug-likeness (QED) is 0.248. The van der Waals surface area contributed by atoms with Crippen LogP contribution in [0.25, 0.3) is 16.7 Å². The van der Waals surface area contributed by atoms with Crippen LogP contribution >= 0.6 is 0 Å². The average molecular weight is 564 g/mol. The maximum absolute atomic E-state index is 12.9. The van der Waals surface area contributed by atoms with Crippen molar-refractivity contribution in [3.63, 3.8) is 0 Å². The second kappa shape index (κ2) is 9.12. The fourth-order valence-corrected chi connectivity index (χ4v) is 3.35. The lowest BCUT2D eigenvalue weighted by atomic mass is 9.98. The van der Waals surface area contributed by atoms with E-state index < -0.39 is 81.8 Å². The minimum absolute atomic E-state index is 0.211. The molecule has 2 aromatic rings. The van der Waals surface area contributed by atoms with E-state index in [1.807, 2.05) is 0 Å². The summed E-state index contributed by atoms with van der Waals surface area (Å²) < 4.78 is 168. The van der Waals surface area contributed by atoms with Gasteiger partial charge in [0.15, 0.2) is 23.0 Å². The molecule has 0 saturated carbocycles. The van der Waals surface area contributed by atoms with Gasteiger partial charge >= 0.3 is 25.4 Å². The lowest BCUT2D eigenvalue weighted by Gasteiger charge is -2.18. The molecule has 0 atom stereocenters. The fourth-order valence-electron chi connectivity index (χ4n) is 3.35. The molecule has 0 aromatic heterocycles. The number of allylic oxidation sites excluding steroid dienone is 1. The van der Waals surface area contributed by atoms with Gasteiger partial charge in [-0.1, -0.05) is 0 Å². The zero-order valence-corrected chi connectivity index (χ0v) is 17.4. The van der Waals surface area contributed by atoms with E-state index in [4.69, 9.17) is 0 Å². The molecule has 6 nitrogen and oxygen atoms in total. The lowest BCUT2D eigenvalue weighted by Crippen LogP contribution is -2.21. The van der Waals surface area contributed by atoms with E-state index >= 15 is 0 Å². The van der Waals surface area contributed by atoms with Crippen LogP contribution in [-0.2, 0) is 0 Å². The summed E-state index contributed by atoms with van der Waals surface area (Å²) in [4.78, 5) is 0. The van der Waals surface area contributed by atoms with Gasteiger partial charge in [-0.25, -0.2) is 0 Å². The van der Waals surface area contributed by atoms with E-state index in [0.717, 1.165) is 0 Å². The van der Waals surface area contributed by atoms with Crippen LogP contribution < -0.4 is 18.9 Å². The van der Waals surface area contributed by atoms with Crippen molar-refractivity contribution in [1.82, 2.24) is 0 Å². The molecule has 0 bridgehead atoms. The molecule has 0 spiro atoms. The molecule has 0 amide bonds. The third-order valence-electron chi connectivity index (χ3n) is 4.37. The van der Waals surface area contributed by atoms with E-state index in [1.54, 1.807) is 0 Å². The van der Waals surface area contributed by atoms with Crippen LogP contribution in [0, 0.1) is 22.7 Å². The van der Waals surface area contributed by atoms with Crippen LogP contribution in [0.1, 0.15) is 11.1 Å². The number of fused-ring (bicyclic) bond motifs is 3. The van der Waals surface area contributed by atoms with Crippen LogP contribution in [0.3, 0.4) is 0 Å². The van der Waals surface area contributed by atoms with E-state index in [0.29, 0.717) is 0 Å². The Bertz CT molecular complexity index is 1290. The van der Waals surface area contributed by atoms with Gasteiger partial charge in [0.1, 0.15) is 17.7 Å². The first-order valence-corrected chi connectivity index (χ1v) is 9.16. The van der Waals surface area contributed by atoms with Crippen molar-refractivity contribution in [3.8, 4) is 46.3 Å². The summed E-state index contributed by atoms with van der Waals surface area (Å²) in [6.45, 7) is 0. The topological polar surface area (TPSA) is 84.5 Å². The monoisotopic (exact) mass is 564 g/mol. The minimum Gasteiger partial charge on any atom is -0.402 e. The summed E-state index contributed by atoms with van der Waals surface area (Å²) in [6.07, 6.45) is -22.4. The van der Waals surface area contributed by atoms with Crippen LogP contribution in [0.5, 0.6) is 23.0 Å². The van der Waals surface area contributed by atoms with Gasteiger partial charge in [0.2, 0.25) is 0 Å². The Kier molecular flexibility index (Phi) is 6.74. The third kappa shape index (κ3) is 6.44. The molecule has 0 fully saturated rings. The average Bonchev–Trinajstić information content (AvgIpc) is 2.97. The summed E-state index contributed by atoms with van der Waals surface area (Å²) >= 11 is 0. The molecule has 0 radical (unpaired) electrons. The van der Waals surface area contributed by atoms with Gasteiger partial charge in [-0.2, -0.15) is 10.5 Å². The van der Waals surface area contributed by atoms with E-state index in [-0.39, 0.29) is 24.3 Å². The molecule has 0 N–H and O–H groups in total. The van der Waals surface area contributed by atoms with Gasteiger partial charge in [-0.15, -0.1) is 52.7 Å². The molecule has 0 aliphatic heterocycles. The second-order valence-electron chi connectivity index (χ2n) is 6.85. The van der Waals surface area contributed by atoms with Crippen molar-refractivity contribution in [3.05, 3.63) is 41.0 Å². The predicted molar refractivity (Wildman–Crippen MR) is 95.9 cm³/mol. The highest BCUT2D eigenvalue weighted by Crippen LogP contribution is 2.54. The highest BCUT2D eigenvalue weighted by atomic mass is 19.4.